The van der Waals surface area contributed by atoms with E-state index in [1.54, 1.807) is 18.3 Å². The first-order valence-corrected chi connectivity index (χ1v) is 8.20. The van der Waals surface area contributed by atoms with Crippen LogP contribution in [0.15, 0.2) is 15.9 Å². The number of halogens is 1. The quantitative estimate of drug-likeness (QED) is 0.772. The second-order valence-electron chi connectivity index (χ2n) is 4.67. The Hall–Kier alpha value is -1.21. The molecule has 0 amide bonds. The largest absolute Gasteiger partial charge is 0.461 e. The van der Waals surface area contributed by atoms with Gasteiger partial charge >= 0.3 is 5.97 Å². The van der Waals surface area contributed by atoms with Crippen molar-refractivity contribution in [1.82, 2.24) is 15.0 Å². The maximum atomic E-state index is 11.9. The van der Waals surface area contributed by atoms with Gasteiger partial charge in [-0.25, -0.2) is 9.48 Å². The third kappa shape index (κ3) is 2.64. The molecule has 5 nitrogen and oxygen atoms in total. The predicted molar refractivity (Wildman–Crippen MR) is 79.1 cm³/mol. The van der Waals surface area contributed by atoms with E-state index in [1.165, 1.54) is 4.88 Å². The van der Waals surface area contributed by atoms with Crippen LogP contribution in [0.2, 0.25) is 0 Å². The molecule has 0 aromatic carbocycles. The first-order chi connectivity index (χ1) is 9.70. The number of aromatic nitrogens is 3. The van der Waals surface area contributed by atoms with Gasteiger partial charge in [-0.1, -0.05) is 5.21 Å². The fourth-order valence-corrected chi connectivity index (χ4v) is 3.58. The molecule has 0 aliphatic heterocycles. The molecule has 1 fully saturated rings. The normalized spacial score (nSPS) is 14.5. The molecule has 2 aromatic heterocycles. The van der Waals surface area contributed by atoms with Crippen molar-refractivity contribution >= 4 is 33.2 Å². The molecule has 20 heavy (non-hydrogen) atoms. The summed E-state index contributed by atoms with van der Waals surface area (Å²) in [7, 11) is 0. The van der Waals surface area contributed by atoms with Gasteiger partial charge in [-0.15, -0.1) is 16.4 Å². The maximum Gasteiger partial charge on any atom is 0.360 e. The Morgan fingerprint density at radius 2 is 2.40 bits per heavy atom. The minimum absolute atomic E-state index is 0.353. The number of rotatable bonds is 5. The van der Waals surface area contributed by atoms with Crippen LogP contribution < -0.4 is 0 Å². The molecular weight excluding hydrogens is 342 g/mol. The lowest BCUT2D eigenvalue weighted by Crippen LogP contribution is -2.10. The minimum Gasteiger partial charge on any atom is -0.461 e. The highest BCUT2D eigenvalue weighted by atomic mass is 79.9. The number of hydrogen-bond acceptors (Lipinski definition) is 5. The summed E-state index contributed by atoms with van der Waals surface area (Å²) in [5.74, 6) is 0.0223. The maximum absolute atomic E-state index is 11.9. The van der Waals surface area contributed by atoms with Crippen LogP contribution in [-0.2, 0) is 11.3 Å². The predicted octanol–water partition coefficient (Wildman–Crippen LogP) is 3.20. The molecule has 2 aromatic rings. The van der Waals surface area contributed by atoms with E-state index < -0.39 is 0 Å². The molecule has 3 rings (SSSR count). The van der Waals surface area contributed by atoms with Gasteiger partial charge in [-0.3, -0.25) is 0 Å². The smallest absolute Gasteiger partial charge is 0.360 e. The van der Waals surface area contributed by atoms with Crippen LogP contribution in [0.5, 0.6) is 0 Å². The molecule has 0 saturated heterocycles. The minimum atomic E-state index is -0.370. The van der Waals surface area contributed by atoms with Crippen molar-refractivity contribution < 1.29 is 9.53 Å². The van der Waals surface area contributed by atoms with E-state index >= 15 is 0 Å². The fourth-order valence-electron chi connectivity index (χ4n) is 2.12. The van der Waals surface area contributed by atoms with Gasteiger partial charge in [0.2, 0.25) is 0 Å². The van der Waals surface area contributed by atoms with Crippen LogP contribution in [0.1, 0.15) is 46.7 Å². The Balaban J connectivity index is 1.91. The highest BCUT2D eigenvalue weighted by Crippen LogP contribution is 2.41. The molecule has 0 unspecified atom stereocenters. The first-order valence-electron chi connectivity index (χ1n) is 6.53. The Morgan fingerprint density at radius 3 is 3.00 bits per heavy atom. The number of carbonyl (C=O) groups excluding carboxylic acids is 1. The van der Waals surface area contributed by atoms with E-state index in [9.17, 15) is 4.79 Å². The second kappa shape index (κ2) is 5.65. The Morgan fingerprint density at radius 1 is 1.60 bits per heavy atom. The second-order valence-corrected chi connectivity index (χ2v) is 6.52. The summed E-state index contributed by atoms with van der Waals surface area (Å²) in [6.07, 6.45) is 2.18. The van der Waals surface area contributed by atoms with E-state index in [2.05, 4.69) is 26.2 Å². The summed E-state index contributed by atoms with van der Waals surface area (Å²) in [6.45, 7) is 2.78. The van der Waals surface area contributed by atoms with E-state index in [0.29, 0.717) is 24.8 Å². The zero-order valence-electron chi connectivity index (χ0n) is 11.0. The van der Waals surface area contributed by atoms with Crippen molar-refractivity contribution in [2.24, 2.45) is 0 Å². The number of thiophene rings is 1. The Kier molecular flexibility index (Phi) is 3.89. The van der Waals surface area contributed by atoms with Gasteiger partial charge in [-0.05, 0) is 47.1 Å². The first kappa shape index (κ1) is 13.8. The lowest BCUT2D eigenvalue weighted by atomic mass is 10.2. The highest BCUT2D eigenvalue weighted by molar-refractivity contribution is 9.10. The summed E-state index contributed by atoms with van der Waals surface area (Å²) in [4.78, 5) is 13.1. The number of esters is 1. The standard InChI is InChI=1S/C13H14BrN3O2S/c1-2-19-13(18)11-12(8-3-4-8)17(16-15-11)7-10-9(14)5-6-20-10/h5-6,8H,2-4,7H2,1H3. The molecule has 0 radical (unpaired) electrons. The van der Waals surface area contributed by atoms with Crippen molar-refractivity contribution in [2.45, 2.75) is 32.2 Å². The topological polar surface area (TPSA) is 57.0 Å². The summed E-state index contributed by atoms with van der Waals surface area (Å²) < 4.78 is 7.96. The number of hydrogen-bond donors (Lipinski definition) is 0. The summed E-state index contributed by atoms with van der Waals surface area (Å²) in [6, 6.07) is 2.01. The van der Waals surface area contributed by atoms with Crippen LogP contribution in [-0.4, -0.2) is 27.6 Å². The average molecular weight is 356 g/mol. The van der Waals surface area contributed by atoms with Crippen LogP contribution in [0.3, 0.4) is 0 Å². The van der Waals surface area contributed by atoms with Crippen LogP contribution >= 0.6 is 27.3 Å². The lowest BCUT2D eigenvalue weighted by Gasteiger charge is -2.06. The number of nitrogens with zero attached hydrogens (tertiary/aromatic N) is 3. The van der Waals surface area contributed by atoms with Crippen molar-refractivity contribution in [2.75, 3.05) is 6.61 Å². The SMILES string of the molecule is CCOC(=O)c1nnn(Cc2sccc2Br)c1C1CC1. The summed E-state index contributed by atoms with van der Waals surface area (Å²) in [5.41, 5.74) is 1.30. The number of carbonyl (C=O) groups is 1. The molecule has 1 saturated carbocycles. The van der Waals surface area contributed by atoms with Gasteiger partial charge in [0, 0.05) is 15.3 Å². The molecule has 7 heteroatoms. The Bertz CT molecular complexity index is 633. The zero-order chi connectivity index (χ0) is 14.1. The number of ether oxygens (including phenoxy) is 1. The fraction of sp³-hybridized carbons (Fsp3) is 0.462. The average Bonchev–Trinajstić information content (AvgIpc) is 3.06. The summed E-state index contributed by atoms with van der Waals surface area (Å²) >= 11 is 5.18. The molecule has 0 atom stereocenters. The van der Waals surface area contributed by atoms with Crippen LogP contribution in [0, 0.1) is 0 Å². The van der Waals surface area contributed by atoms with E-state index in [-0.39, 0.29) is 5.97 Å². The van der Waals surface area contributed by atoms with Crippen LogP contribution in [0.25, 0.3) is 0 Å². The van der Waals surface area contributed by atoms with Gasteiger partial charge < -0.3 is 4.74 Å². The molecule has 0 N–H and O–H groups in total. The summed E-state index contributed by atoms with van der Waals surface area (Å²) in [5, 5.41) is 10.2. The molecule has 2 heterocycles. The van der Waals surface area contributed by atoms with E-state index in [4.69, 9.17) is 4.74 Å². The van der Waals surface area contributed by atoms with Crippen molar-refractivity contribution in [3.8, 4) is 0 Å². The third-order valence-corrected chi connectivity index (χ3v) is 5.10. The molecule has 0 spiro atoms. The van der Waals surface area contributed by atoms with Gasteiger partial charge in [0.1, 0.15) is 0 Å². The van der Waals surface area contributed by atoms with Crippen molar-refractivity contribution in [3.05, 3.63) is 32.2 Å². The molecule has 106 valence electrons. The van der Waals surface area contributed by atoms with Gasteiger partial charge in [0.05, 0.1) is 18.8 Å². The lowest BCUT2D eigenvalue weighted by molar-refractivity contribution is 0.0518. The molecule has 1 aliphatic rings. The van der Waals surface area contributed by atoms with Crippen molar-refractivity contribution in [1.29, 1.82) is 0 Å². The molecule has 1 aliphatic carbocycles. The Labute approximate surface area is 129 Å². The monoisotopic (exact) mass is 355 g/mol. The highest BCUT2D eigenvalue weighted by Gasteiger charge is 2.34. The zero-order valence-corrected chi connectivity index (χ0v) is 13.4. The van der Waals surface area contributed by atoms with E-state index in [1.807, 2.05) is 16.1 Å². The molecule has 0 bridgehead atoms. The van der Waals surface area contributed by atoms with E-state index in [0.717, 1.165) is 23.0 Å². The third-order valence-electron chi connectivity index (χ3n) is 3.19. The van der Waals surface area contributed by atoms with Crippen molar-refractivity contribution in [3.63, 3.8) is 0 Å². The van der Waals surface area contributed by atoms with Gasteiger partial charge in [0.25, 0.3) is 0 Å². The van der Waals surface area contributed by atoms with Crippen LogP contribution in [0.4, 0.5) is 0 Å². The molecular formula is C13H14BrN3O2S. The van der Waals surface area contributed by atoms with Gasteiger partial charge in [0.15, 0.2) is 5.69 Å². The van der Waals surface area contributed by atoms with Gasteiger partial charge in [-0.2, -0.15) is 0 Å².